The first-order valence-electron chi connectivity index (χ1n) is 7.61. The first-order valence-corrected chi connectivity index (χ1v) is 8.34. The summed E-state index contributed by atoms with van der Waals surface area (Å²) in [6, 6.07) is 13.6. The van der Waals surface area contributed by atoms with Crippen LogP contribution in [0.1, 0.15) is 23.5 Å². The summed E-state index contributed by atoms with van der Waals surface area (Å²) in [5.41, 5.74) is 4.58. The Balaban J connectivity index is 1.83. The van der Waals surface area contributed by atoms with Gasteiger partial charge in [-0.3, -0.25) is 9.78 Å². The molecule has 0 fully saturated rings. The number of rotatable bonds is 1. The number of ether oxygens (including phenoxy) is 1. The van der Waals surface area contributed by atoms with Crippen molar-refractivity contribution in [1.82, 2.24) is 13.7 Å². The van der Waals surface area contributed by atoms with Crippen molar-refractivity contribution in [3.05, 3.63) is 59.8 Å². The third-order valence-electron chi connectivity index (χ3n) is 4.43. The number of carbonyl (C=O) groups is 1. The molecule has 0 unspecified atom stereocenters. The van der Waals surface area contributed by atoms with Crippen molar-refractivity contribution in [2.45, 2.75) is 12.3 Å². The largest absolute Gasteiger partial charge is 0.426 e. The summed E-state index contributed by atoms with van der Waals surface area (Å²) in [6.45, 7) is 0. The van der Waals surface area contributed by atoms with Crippen LogP contribution in [0.5, 0.6) is 5.75 Å². The van der Waals surface area contributed by atoms with E-state index in [0.29, 0.717) is 5.75 Å². The van der Waals surface area contributed by atoms with Gasteiger partial charge in [0.2, 0.25) is 0 Å². The second kappa shape index (κ2) is 5.07. The minimum Gasteiger partial charge on any atom is -0.426 e. The van der Waals surface area contributed by atoms with Crippen LogP contribution in [0.2, 0.25) is 0 Å². The molecule has 24 heavy (non-hydrogen) atoms. The zero-order chi connectivity index (χ0) is 16.1. The molecule has 1 atom stereocenters. The van der Waals surface area contributed by atoms with E-state index in [-0.39, 0.29) is 18.3 Å². The zero-order valence-corrected chi connectivity index (χ0v) is 13.3. The molecule has 0 spiro atoms. The average molecular weight is 333 g/mol. The molecule has 1 aliphatic heterocycles. The zero-order valence-electron chi connectivity index (χ0n) is 12.5. The van der Waals surface area contributed by atoms with E-state index in [0.717, 1.165) is 33.1 Å². The van der Waals surface area contributed by atoms with Crippen molar-refractivity contribution in [2.24, 2.45) is 0 Å². The summed E-state index contributed by atoms with van der Waals surface area (Å²) in [5.74, 6) is 0.245. The molecule has 2 aromatic heterocycles. The second-order valence-corrected chi connectivity index (χ2v) is 6.29. The maximum absolute atomic E-state index is 12.1. The number of para-hydroxylation sites is 1. The minimum atomic E-state index is -0.226. The smallest absolute Gasteiger partial charge is 0.312 e. The van der Waals surface area contributed by atoms with Gasteiger partial charge in [-0.25, -0.2) is 0 Å². The highest BCUT2D eigenvalue weighted by Gasteiger charge is 2.32. The second-order valence-electron chi connectivity index (χ2n) is 5.76. The molecular formula is C18H11N3O2S. The lowest BCUT2D eigenvalue weighted by atomic mass is 9.84. The van der Waals surface area contributed by atoms with Gasteiger partial charge in [-0.05, 0) is 29.8 Å². The fourth-order valence-corrected chi connectivity index (χ4v) is 3.95. The fourth-order valence-electron chi connectivity index (χ4n) is 3.40. The van der Waals surface area contributed by atoms with Gasteiger partial charge in [0, 0.05) is 23.1 Å². The van der Waals surface area contributed by atoms with E-state index < -0.39 is 0 Å². The van der Waals surface area contributed by atoms with Crippen LogP contribution in [0.15, 0.2) is 48.7 Å². The Morgan fingerprint density at radius 2 is 1.96 bits per heavy atom. The molecule has 0 N–H and O–H groups in total. The molecule has 6 heteroatoms. The highest BCUT2D eigenvalue weighted by atomic mass is 32.1. The lowest BCUT2D eigenvalue weighted by Gasteiger charge is -2.25. The van der Waals surface area contributed by atoms with Crippen molar-refractivity contribution in [3.8, 4) is 5.75 Å². The monoisotopic (exact) mass is 333 g/mol. The standard InChI is InChI=1S/C18H11N3O2S/c22-16-9-12(10-7-8-19-13-4-2-1-3-11(10)13)17-15(23-16)6-5-14-18(17)21-24-20-14/h1-8,12H,9H2/t12-/m1/s1. The number of esters is 1. The molecule has 0 saturated carbocycles. The number of nitrogens with zero attached hydrogens (tertiary/aromatic N) is 3. The predicted octanol–water partition coefficient (Wildman–Crippen LogP) is 3.68. The number of carbonyl (C=O) groups excluding carboxylic acids is 1. The normalized spacial score (nSPS) is 17.0. The van der Waals surface area contributed by atoms with Gasteiger partial charge in [0.1, 0.15) is 16.8 Å². The third-order valence-corrected chi connectivity index (χ3v) is 4.97. The van der Waals surface area contributed by atoms with Crippen molar-refractivity contribution in [2.75, 3.05) is 0 Å². The highest BCUT2D eigenvalue weighted by molar-refractivity contribution is 7.00. The van der Waals surface area contributed by atoms with Gasteiger partial charge < -0.3 is 4.74 Å². The molecule has 0 bridgehead atoms. The Bertz CT molecular complexity index is 1100. The SMILES string of the molecule is O=C1C[C@H](c2ccnc3ccccc23)c2c(ccc3nsnc23)O1. The predicted molar refractivity (Wildman–Crippen MR) is 91.3 cm³/mol. The molecule has 0 saturated heterocycles. The van der Waals surface area contributed by atoms with Crippen LogP contribution in [0.3, 0.4) is 0 Å². The first kappa shape index (κ1) is 13.6. The Hall–Kier alpha value is -2.86. The molecule has 1 aliphatic rings. The molecule has 3 heterocycles. The summed E-state index contributed by atoms with van der Waals surface area (Å²) in [6.07, 6.45) is 2.08. The van der Waals surface area contributed by atoms with Crippen LogP contribution in [-0.4, -0.2) is 19.7 Å². The van der Waals surface area contributed by atoms with Crippen LogP contribution in [0, 0.1) is 0 Å². The molecule has 2 aromatic carbocycles. The number of pyridine rings is 1. The van der Waals surface area contributed by atoms with E-state index in [4.69, 9.17) is 4.74 Å². The van der Waals surface area contributed by atoms with Crippen LogP contribution in [0.4, 0.5) is 0 Å². The van der Waals surface area contributed by atoms with Gasteiger partial charge in [-0.2, -0.15) is 8.75 Å². The highest BCUT2D eigenvalue weighted by Crippen LogP contribution is 2.43. The van der Waals surface area contributed by atoms with Gasteiger partial charge >= 0.3 is 5.97 Å². The van der Waals surface area contributed by atoms with Crippen molar-refractivity contribution in [1.29, 1.82) is 0 Å². The Morgan fingerprint density at radius 3 is 2.92 bits per heavy atom. The topological polar surface area (TPSA) is 65.0 Å². The number of benzene rings is 2. The lowest BCUT2D eigenvalue weighted by Crippen LogP contribution is -2.21. The van der Waals surface area contributed by atoms with E-state index in [1.165, 1.54) is 11.7 Å². The van der Waals surface area contributed by atoms with E-state index in [1.807, 2.05) is 42.5 Å². The molecular weight excluding hydrogens is 322 g/mol. The minimum absolute atomic E-state index is 0.109. The summed E-state index contributed by atoms with van der Waals surface area (Å²) in [4.78, 5) is 16.6. The molecule has 0 radical (unpaired) electrons. The lowest BCUT2D eigenvalue weighted by molar-refractivity contribution is -0.135. The van der Waals surface area contributed by atoms with E-state index in [2.05, 4.69) is 13.7 Å². The van der Waals surface area contributed by atoms with Crippen LogP contribution in [0.25, 0.3) is 21.9 Å². The van der Waals surface area contributed by atoms with Crippen molar-refractivity contribution < 1.29 is 9.53 Å². The van der Waals surface area contributed by atoms with Crippen LogP contribution >= 0.6 is 11.7 Å². The van der Waals surface area contributed by atoms with Gasteiger partial charge in [0.15, 0.2) is 0 Å². The van der Waals surface area contributed by atoms with Gasteiger partial charge in [-0.1, -0.05) is 18.2 Å². The Labute approximate surface area is 141 Å². The Kier molecular flexibility index (Phi) is 2.87. The molecule has 5 rings (SSSR count). The summed E-state index contributed by atoms with van der Waals surface area (Å²) in [7, 11) is 0. The van der Waals surface area contributed by atoms with E-state index in [1.54, 1.807) is 6.20 Å². The summed E-state index contributed by atoms with van der Waals surface area (Å²) >= 11 is 1.17. The quantitative estimate of drug-likeness (QED) is 0.393. The summed E-state index contributed by atoms with van der Waals surface area (Å²) in [5, 5.41) is 1.05. The number of fused-ring (bicyclic) bond motifs is 4. The maximum Gasteiger partial charge on any atom is 0.312 e. The molecule has 0 aliphatic carbocycles. The maximum atomic E-state index is 12.1. The van der Waals surface area contributed by atoms with Gasteiger partial charge in [-0.15, -0.1) is 0 Å². The van der Waals surface area contributed by atoms with Crippen molar-refractivity contribution in [3.63, 3.8) is 0 Å². The first-order chi connectivity index (χ1) is 11.8. The average Bonchev–Trinajstić information content (AvgIpc) is 3.09. The molecule has 4 aromatic rings. The molecule has 5 nitrogen and oxygen atoms in total. The number of aromatic nitrogens is 3. The van der Waals surface area contributed by atoms with Gasteiger partial charge in [0.05, 0.1) is 23.7 Å². The third kappa shape index (κ3) is 1.93. The number of hydrogen-bond acceptors (Lipinski definition) is 6. The van der Waals surface area contributed by atoms with Crippen LogP contribution < -0.4 is 4.74 Å². The fraction of sp³-hybridized carbons (Fsp3) is 0.111. The Morgan fingerprint density at radius 1 is 1.04 bits per heavy atom. The van der Waals surface area contributed by atoms with Crippen molar-refractivity contribution >= 4 is 39.6 Å². The molecule has 0 amide bonds. The van der Waals surface area contributed by atoms with E-state index in [9.17, 15) is 4.79 Å². The van der Waals surface area contributed by atoms with E-state index >= 15 is 0 Å². The molecule has 116 valence electrons. The summed E-state index contributed by atoms with van der Waals surface area (Å²) < 4.78 is 14.2. The number of hydrogen-bond donors (Lipinski definition) is 0. The van der Waals surface area contributed by atoms with Gasteiger partial charge in [0.25, 0.3) is 0 Å². The van der Waals surface area contributed by atoms with Crippen LogP contribution in [-0.2, 0) is 4.79 Å².